The molecule has 0 radical (unpaired) electrons. The SMILES string of the molecule is CC.CCC(c1ccc(Cl)cc1)c1ccc(Cl)cc1. The van der Waals surface area contributed by atoms with Crippen LogP contribution < -0.4 is 0 Å². The molecule has 2 heteroatoms. The summed E-state index contributed by atoms with van der Waals surface area (Å²) in [5.74, 6) is 0.407. The van der Waals surface area contributed by atoms with Gasteiger partial charge in [0, 0.05) is 16.0 Å². The zero-order chi connectivity index (χ0) is 14.3. The average Bonchev–Trinajstić information content (AvgIpc) is 2.46. The van der Waals surface area contributed by atoms with E-state index in [1.807, 2.05) is 38.1 Å². The molecule has 0 spiro atoms. The Morgan fingerprint density at radius 1 is 0.737 bits per heavy atom. The standard InChI is InChI=1S/C15H14Cl2.C2H6/c1-2-15(11-3-7-13(16)8-4-11)12-5-9-14(17)10-6-12;1-2/h3-10,15H,2H2,1H3;1-2H3. The van der Waals surface area contributed by atoms with Gasteiger partial charge in [0.1, 0.15) is 0 Å². The Hall–Kier alpha value is -0.980. The second-order valence-electron chi connectivity index (χ2n) is 4.06. The lowest BCUT2D eigenvalue weighted by Crippen LogP contribution is -1.99. The molecule has 0 atom stereocenters. The van der Waals surface area contributed by atoms with Crippen LogP contribution >= 0.6 is 23.2 Å². The van der Waals surface area contributed by atoms with Crippen LogP contribution in [0.4, 0.5) is 0 Å². The molecule has 2 rings (SSSR count). The van der Waals surface area contributed by atoms with Gasteiger partial charge in [0.2, 0.25) is 0 Å². The molecular weight excluding hydrogens is 275 g/mol. The summed E-state index contributed by atoms with van der Waals surface area (Å²) in [5.41, 5.74) is 2.58. The minimum Gasteiger partial charge on any atom is -0.0843 e. The predicted octanol–water partition coefficient (Wildman–Crippen LogP) is 6.56. The number of hydrogen-bond donors (Lipinski definition) is 0. The molecule has 19 heavy (non-hydrogen) atoms. The van der Waals surface area contributed by atoms with Crippen molar-refractivity contribution in [3.63, 3.8) is 0 Å². The average molecular weight is 295 g/mol. The second kappa shape index (κ2) is 8.24. The van der Waals surface area contributed by atoms with E-state index in [4.69, 9.17) is 23.2 Å². The van der Waals surface area contributed by atoms with Crippen molar-refractivity contribution >= 4 is 23.2 Å². The maximum atomic E-state index is 5.91. The maximum absolute atomic E-state index is 5.91. The summed E-state index contributed by atoms with van der Waals surface area (Å²) in [4.78, 5) is 0. The van der Waals surface area contributed by atoms with Crippen LogP contribution in [-0.2, 0) is 0 Å². The second-order valence-corrected chi connectivity index (χ2v) is 4.94. The summed E-state index contributed by atoms with van der Waals surface area (Å²) in [7, 11) is 0. The minimum absolute atomic E-state index is 0.407. The molecule has 0 aliphatic heterocycles. The third kappa shape index (κ3) is 4.56. The van der Waals surface area contributed by atoms with E-state index in [0.29, 0.717) is 5.92 Å². The van der Waals surface area contributed by atoms with Crippen molar-refractivity contribution in [2.45, 2.75) is 33.1 Å². The van der Waals surface area contributed by atoms with Crippen LogP contribution in [0, 0.1) is 0 Å². The van der Waals surface area contributed by atoms with Crippen LogP contribution in [-0.4, -0.2) is 0 Å². The largest absolute Gasteiger partial charge is 0.0843 e. The molecule has 2 aromatic carbocycles. The molecule has 0 aromatic heterocycles. The van der Waals surface area contributed by atoms with E-state index in [1.165, 1.54) is 11.1 Å². The first-order chi connectivity index (χ1) is 9.20. The molecule has 2 aromatic rings. The predicted molar refractivity (Wildman–Crippen MR) is 86.4 cm³/mol. The first-order valence-electron chi connectivity index (χ1n) is 6.71. The van der Waals surface area contributed by atoms with Gasteiger partial charge in [0.05, 0.1) is 0 Å². The molecule has 0 amide bonds. The van der Waals surface area contributed by atoms with Gasteiger partial charge in [0.15, 0.2) is 0 Å². The molecule has 0 aliphatic rings. The number of rotatable bonds is 3. The summed E-state index contributed by atoms with van der Waals surface area (Å²) < 4.78 is 0. The molecular formula is C17H20Cl2. The Kier molecular flexibility index (Phi) is 6.97. The third-order valence-corrected chi connectivity index (χ3v) is 3.46. The Balaban J connectivity index is 0.000000861. The monoisotopic (exact) mass is 294 g/mol. The smallest absolute Gasteiger partial charge is 0.0406 e. The van der Waals surface area contributed by atoms with Gasteiger partial charge < -0.3 is 0 Å². The van der Waals surface area contributed by atoms with Crippen LogP contribution in [0.2, 0.25) is 10.0 Å². The van der Waals surface area contributed by atoms with E-state index in [2.05, 4.69) is 31.2 Å². The van der Waals surface area contributed by atoms with Crippen LogP contribution in [0.15, 0.2) is 48.5 Å². The van der Waals surface area contributed by atoms with Gasteiger partial charge in [-0.1, -0.05) is 68.2 Å². The first-order valence-corrected chi connectivity index (χ1v) is 7.47. The summed E-state index contributed by atoms with van der Waals surface area (Å²) in [6, 6.07) is 16.1. The van der Waals surface area contributed by atoms with Crippen molar-refractivity contribution in [2.75, 3.05) is 0 Å². The number of hydrogen-bond acceptors (Lipinski definition) is 0. The zero-order valence-electron chi connectivity index (χ0n) is 11.7. The molecule has 0 saturated carbocycles. The van der Waals surface area contributed by atoms with E-state index in [0.717, 1.165) is 16.5 Å². The first kappa shape index (κ1) is 16.1. The molecule has 0 N–H and O–H groups in total. The lowest BCUT2D eigenvalue weighted by Gasteiger charge is -2.16. The molecule has 0 saturated heterocycles. The van der Waals surface area contributed by atoms with Crippen LogP contribution in [0.3, 0.4) is 0 Å². The molecule has 0 fully saturated rings. The molecule has 0 nitrogen and oxygen atoms in total. The van der Waals surface area contributed by atoms with Crippen molar-refractivity contribution < 1.29 is 0 Å². The van der Waals surface area contributed by atoms with Gasteiger partial charge >= 0.3 is 0 Å². The van der Waals surface area contributed by atoms with Crippen molar-refractivity contribution in [3.05, 3.63) is 69.7 Å². The highest BCUT2D eigenvalue weighted by molar-refractivity contribution is 6.30. The van der Waals surface area contributed by atoms with Gasteiger partial charge in [-0.15, -0.1) is 0 Å². The molecule has 0 aliphatic carbocycles. The lowest BCUT2D eigenvalue weighted by atomic mass is 9.89. The van der Waals surface area contributed by atoms with Crippen molar-refractivity contribution in [2.24, 2.45) is 0 Å². The van der Waals surface area contributed by atoms with Gasteiger partial charge in [0.25, 0.3) is 0 Å². The van der Waals surface area contributed by atoms with E-state index in [-0.39, 0.29) is 0 Å². The quantitative estimate of drug-likeness (QED) is 0.601. The number of benzene rings is 2. The van der Waals surface area contributed by atoms with E-state index >= 15 is 0 Å². The summed E-state index contributed by atoms with van der Waals surface area (Å²) in [6.45, 7) is 6.19. The van der Waals surface area contributed by atoms with Crippen molar-refractivity contribution in [1.82, 2.24) is 0 Å². The normalized spacial score (nSPS) is 10.0. The Morgan fingerprint density at radius 2 is 1.05 bits per heavy atom. The molecule has 0 heterocycles. The van der Waals surface area contributed by atoms with Crippen LogP contribution in [0.25, 0.3) is 0 Å². The molecule has 0 unspecified atom stereocenters. The third-order valence-electron chi connectivity index (χ3n) is 2.95. The van der Waals surface area contributed by atoms with E-state index in [9.17, 15) is 0 Å². The highest BCUT2D eigenvalue weighted by Crippen LogP contribution is 2.29. The highest BCUT2D eigenvalue weighted by atomic mass is 35.5. The Labute approximate surface area is 126 Å². The summed E-state index contributed by atoms with van der Waals surface area (Å²) in [6.07, 6.45) is 1.06. The maximum Gasteiger partial charge on any atom is 0.0406 e. The Bertz CT molecular complexity index is 426. The summed E-state index contributed by atoms with van der Waals surface area (Å²) in [5, 5.41) is 1.56. The van der Waals surface area contributed by atoms with E-state index in [1.54, 1.807) is 0 Å². The summed E-state index contributed by atoms with van der Waals surface area (Å²) >= 11 is 11.8. The fourth-order valence-electron chi connectivity index (χ4n) is 2.05. The van der Waals surface area contributed by atoms with Crippen molar-refractivity contribution in [3.8, 4) is 0 Å². The van der Waals surface area contributed by atoms with Crippen LogP contribution in [0.1, 0.15) is 44.2 Å². The van der Waals surface area contributed by atoms with E-state index < -0.39 is 0 Å². The van der Waals surface area contributed by atoms with Gasteiger partial charge in [-0.05, 0) is 41.8 Å². The zero-order valence-corrected chi connectivity index (χ0v) is 13.2. The fraction of sp³-hybridized carbons (Fsp3) is 0.294. The van der Waals surface area contributed by atoms with Gasteiger partial charge in [-0.25, -0.2) is 0 Å². The minimum atomic E-state index is 0.407. The molecule has 102 valence electrons. The lowest BCUT2D eigenvalue weighted by molar-refractivity contribution is 0.777. The van der Waals surface area contributed by atoms with Crippen molar-refractivity contribution in [1.29, 1.82) is 0 Å². The number of halogens is 2. The highest BCUT2D eigenvalue weighted by Gasteiger charge is 2.11. The topological polar surface area (TPSA) is 0 Å². The molecule has 0 bridgehead atoms. The van der Waals surface area contributed by atoms with Crippen LogP contribution in [0.5, 0.6) is 0 Å². The van der Waals surface area contributed by atoms with Gasteiger partial charge in [-0.2, -0.15) is 0 Å². The Morgan fingerprint density at radius 3 is 1.32 bits per heavy atom. The fourth-order valence-corrected chi connectivity index (χ4v) is 2.31. The van der Waals surface area contributed by atoms with Gasteiger partial charge in [-0.3, -0.25) is 0 Å².